The summed E-state index contributed by atoms with van der Waals surface area (Å²) in [6.07, 6.45) is 2.04. The van der Waals surface area contributed by atoms with Crippen LogP contribution in [0, 0.1) is 13.8 Å². The van der Waals surface area contributed by atoms with Gasteiger partial charge in [0.2, 0.25) is 5.69 Å². The first-order valence-corrected chi connectivity index (χ1v) is 7.63. The van der Waals surface area contributed by atoms with Crippen molar-refractivity contribution in [2.45, 2.75) is 13.8 Å². The second kappa shape index (κ2) is 4.96. The number of fused-ring (bicyclic) bond motifs is 3. The summed E-state index contributed by atoms with van der Waals surface area (Å²) in [4.78, 5) is 3.45. The van der Waals surface area contributed by atoms with Crippen molar-refractivity contribution in [3.8, 4) is 11.3 Å². The molecule has 0 spiro atoms. The van der Waals surface area contributed by atoms with Crippen LogP contribution in [0.2, 0.25) is 0 Å². The predicted octanol–water partition coefficient (Wildman–Crippen LogP) is 5.09. The van der Waals surface area contributed by atoms with Crippen molar-refractivity contribution in [3.05, 3.63) is 78.0 Å². The molecule has 0 amide bonds. The Hall–Kier alpha value is -2.67. The lowest BCUT2D eigenvalue weighted by molar-refractivity contribution is -0.362. The molecule has 3 aromatic carbocycles. The molecule has 0 bridgehead atoms. The van der Waals surface area contributed by atoms with Gasteiger partial charge < -0.3 is 0 Å². The van der Waals surface area contributed by atoms with Gasteiger partial charge in [0.15, 0.2) is 6.20 Å². The normalized spacial score (nSPS) is 11.2. The summed E-state index contributed by atoms with van der Waals surface area (Å²) in [6.45, 7) is 4.30. The molecule has 0 aliphatic rings. The molecule has 0 aliphatic carbocycles. The fraction of sp³-hybridized carbons (Fsp3) is 0.0952. The van der Waals surface area contributed by atoms with E-state index in [4.69, 9.17) is 0 Å². The van der Waals surface area contributed by atoms with E-state index in [-0.39, 0.29) is 0 Å². The fourth-order valence-electron chi connectivity index (χ4n) is 3.34. The second-order valence-electron chi connectivity index (χ2n) is 5.98. The van der Waals surface area contributed by atoms with Crippen LogP contribution in [0.3, 0.4) is 0 Å². The maximum Gasteiger partial charge on any atom is 0.218 e. The smallest absolute Gasteiger partial charge is 0.211 e. The van der Waals surface area contributed by atoms with Crippen LogP contribution >= 0.6 is 0 Å². The molecule has 0 atom stereocenters. The molecule has 0 unspecified atom stereocenters. The van der Waals surface area contributed by atoms with Crippen molar-refractivity contribution in [1.29, 1.82) is 0 Å². The Bertz CT molecular complexity index is 979. The Kier molecular flexibility index (Phi) is 2.93. The van der Waals surface area contributed by atoms with Gasteiger partial charge in [0, 0.05) is 17.0 Å². The molecular formula is C21H18N+. The van der Waals surface area contributed by atoms with Crippen molar-refractivity contribution < 1.29 is 4.98 Å². The number of pyridine rings is 1. The van der Waals surface area contributed by atoms with Crippen molar-refractivity contribution in [1.82, 2.24) is 0 Å². The molecule has 0 radical (unpaired) electrons. The minimum Gasteiger partial charge on any atom is -0.211 e. The molecule has 106 valence electrons. The second-order valence-corrected chi connectivity index (χ2v) is 5.98. The molecule has 1 heteroatoms. The molecule has 0 fully saturated rings. The Morgan fingerprint density at radius 1 is 0.682 bits per heavy atom. The van der Waals surface area contributed by atoms with E-state index in [2.05, 4.69) is 79.5 Å². The first-order valence-electron chi connectivity index (χ1n) is 7.63. The highest BCUT2D eigenvalue weighted by Crippen LogP contribution is 2.30. The molecule has 0 saturated heterocycles. The van der Waals surface area contributed by atoms with Crippen LogP contribution in [-0.4, -0.2) is 0 Å². The van der Waals surface area contributed by atoms with E-state index in [0.717, 1.165) is 0 Å². The van der Waals surface area contributed by atoms with Crippen LogP contribution < -0.4 is 4.98 Å². The Labute approximate surface area is 130 Å². The first kappa shape index (κ1) is 13.0. The van der Waals surface area contributed by atoms with Gasteiger partial charge in [-0.15, -0.1) is 0 Å². The largest absolute Gasteiger partial charge is 0.218 e. The molecule has 4 rings (SSSR count). The van der Waals surface area contributed by atoms with Crippen LogP contribution in [0.5, 0.6) is 0 Å². The van der Waals surface area contributed by atoms with Gasteiger partial charge in [0.05, 0.1) is 5.39 Å². The molecular weight excluding hydrogens is 266 g/mol. The topological polar surface area (TPSA) is 14.1 Å². The lowest BCUT2D eigenvalue weighted by Gasteiger charge is -2.06. The Balaban J connectivity index is 2.08. The van der Waals surface area contributed by atoms with Crippen molar-refractivity contribution >= 4 is 21.5 Å². The monoisotopic (exact) mass is 284 g/mol. The minimum atomic E-state index is 1.19. The summed E-state index contributed by atoms with van der Waals surface area (Å²) in [5.41, 5.74) is 5.02. The standard InChI is InChI=1S/C21H17N/c1-14-11-15(2)13-17(12-14)21-20-8-7-16-5-3-4-6-18(16)19(20)9-10-22-21/h3-13H,1-2H3/p+1. The third-order valence-corrected chi connectivity index (χ3v) is 4.23. The number of benzene rings is 3. The highest BCUT2D eigenvalue weighted by atomic mass is 14.7. The van der Waals surface area contributed by atoms with Crippen molar-refractivity contribution in [3.63, 3.8) is 0 Å². The zero-order chi connectivity index (χ0) is 15.1. The quantitative estimate of drug-likeness (QED) is 0.432. The number of aryl methyl sites for hydroxylation is 2. The van der Waals surface area contributed by atoms with E-state index in [9.17, 15) is 0 Å². The molecule has 22 heavy (non-hydrogen) atoms. The van der Waals surface area contributed by atoms with Gasteiger partial charge in [-0.3, -0.25) is 0 Å². The number of H-pyrrole nitrogens is 1. The Morgan fingerprint density at radius 3 is 2.27 bits per heavy atom. The van der Waals surface area contributed by atoms with Gasteiger partial charge in [-0.05, 0) is 42.8 Å². The maximum absolute atomic E-state index is 3.45. The van der Waals surface area contributed by atoms with Gasteiger partial charge in [0.1, 0.15) is 0 Å². The van der Waals surface area contributed by atoms with Crippen LogP contribution in [0.25, 0.3) is 32.8 Å². The fourth-order valence-corrected chi connectivity index (χ4v) is 3.34. The summed E-state index contributed by atoms with van der Waals surface area (Å²) in [7, 11) is 0. The van der Waals surface area contributed by atoms with Gasteiger partial charge in [0.25, 0.3) is 0 Å². The molecule has 1 aromatic heterocycles. The zero-order valence-corrected chi connectivity index (χ0v) is 12.9. The number of aromatic amines is 1. The number of hydrogen-bond donors (Lipinski definition) is 0. The molecule has 1 nitrogen and oxygen atoms in total. The summed E-state index contributed by atoms with van der Waals surface area (Å²) in [5.74, 6) is 0. The summed E-state index contributed by atoms with van der Waals surface area (Å²) >= 11 is 0. The van der Waals surface area contributed by atoms with E-state index in [1.807, 2.05) is 6.20 Å². The van der Waals surface area contributed by atoms with E-state index in [1.165, 1.54) is 43.9 Å². The summed E-state index contributed by atoms with van der Waals surface area (Å²) in [6, 6.07) is 21.9. The Morgan fingerprint density at radius 2 is 1.45 bits per heavy atom. The third-order valence-electron chi connectivity index (χ3n) is 4.23. The van der Waals surface area contributed by atoms with Crippen LogP contribution in [0.1, 0.15) is 11.1 Å². The molecule has 4 aromatic rings. The van der Waals surface area contributed by atoms with Gasteiger partial charge >= 0.3 is 0 Å². The minimum absolute atomic E-state index is 1.19. The number of aromatic nitrogens is 1. The third kappa shape index (κ3) is 2.06. The molecule has 0 saturated carbocycles. The average molecular weight is 284 g/mol. The van der Waals surface area contributed by atoms with Crippen molar-refractivity contribution in [2.75, 3.05) is 0 Å². The number of nitrogens with one attached hydrogen (secondary N) is 1. The highest BCUT2D eigenvalue weighted by molar-refractivity contribution is 6.10. The van der Waals surface area contributed by atoms with E-state index in [0.29, 0.717) is 0 Å². The van der Waals surface area contributed by atoms with Gasteiger partial charge in [-0.25, -0.2) is 4.98 Å². The predicted molar refractivity (Wildman–Crippen MR) is 92.9 cm³/mol. The lowest BCUT2D eigenvalue weighted by Crippen LogP contribution is -2.06. The number of hydrogen-bond acceptors (Lipinski definition) is 0. The van der Waals surface area contributed by atoms with E-state index in [1.54, 1.807) is 0 Å². The molecule has 1 N–H and O–H groups in total. The van der Waals surface area contributed by atoms with Crippen LogP contribution in [0.15, 0.2) is 66.9 Å². The van der Waals surface area contributed by atoms with Gasteiger partial charge in [-0.1, -0.05) is 47.5 Å². The highest BCUT2D eigenvalue weighted by Gasteiger charge is 2.13. The van der Waals surface area contributed by atoms with E-state index >= 15 is 0 Å². The van der Waals surface area contributed by atoms with Crippen molar-refractivity contribution in [2.24, 2.45) is 0 Å². The SMILES string of the molecule is Cc1cc(C)cc(-c2[nH+]ccc3c2ccc2ccccc23)c1. The number of rotatable bonds is 1. The zero-order valence-electron chi connectivity index (χ0n) is 12.9. The van der Waals surface area contributed by atoms with Crippen LogP contribution in [0.4, 0.5) is 0 Å². The van der Waals surface area contributed by atoms with E-state index < -0.39 is 0 Å². The summed E-state index contributed by atoms with van der Waals surface area (Å²) < 4.78 is 0. The molecule has 1 heterocycles. The van der Waals surface area contributed by atoms with Crippen LogP contribution in [-0.2, 0) is 0 Å². The summed E-state index contributed by atoms with van der Waals surface area (Å²) in [5, 5.41) is 5.16. The molecule has 0 aliphatic heterocycles. The van der Waals surface area contributed by atoms with Gasteiger partial charge in [-0.2, -0.15) is 0 Å². The lowest BCUT2D eigenvalue weighted by atomic mass is 9.97. The maximum atomic E-state index is 3.45. The average Bonchev–Trinajstić information content (AvgIpc) is 2.53. The first-order chi connectivity index (χ1) is 10.7.